The minimum absolute atomic E-state index is 0. The van der Waals surface area contributed by atoms with Crippen molar-refractivity contribution in [1.82, 2.24) is 15.5 Å². The zero-order chi connectivity index (χ0) is 17.2. The third-order valence-electron chi connectivity index (χ3n) is 4.55. The molecule has 0 bridgehead atoms. The number of guanidine groups is 1. The zero-order valence-electron chi connectivity index (χ0n) is 15.4. The van der Waals surface area contributed by atoms with Crippen LogP contribution < -0.4 is 10.6 Å². The largest absolute Gasteiger partial charge is 0.467 e. The van der Waals surface area contributed by atoms with Gasteiger partial charge in [-0.3, -0.25) is 9.89 Å². The average Bonchev–Trinajstić information content (AvgIpc) is 3.14. The summed E-state index contributed by atoms with van der Waals surface area (Å²) in [7, 11) is 0. The van der Waals surface area contributed by atoms with Gasteiger partial charge in [0.05, 0.1) is 12.8 Å². The second-order valence-corrected chi connectivity index (χ2v) is 6.27. The Morgan fingerprint density at radius 2 is 2.24 bits per heavy atom. The van der Waals surface area contributed by atoms with Crippen LogP contribution in [0.25, 0.3) is 0 Å². The zero-order valence-corrected chi connectivity index (χ0v) is 17.7. The molecule has 1 aliphatic rings. The molecule has 1 aromatic heterocycles. The fraction of sp³-hybridized carbons (Fsp3) is 0.722. The smallest absolute Gasteiger partial charge is 0.191 e. The van der Waals surface area contributed by atoms with E-state index in [-0.39, 0.29) is 30.5 Å². The highest BCUT2D eigenvalue weighted by Crippen LogP contribution is 2.18. The predicted molar refractivity (Wildman–Crippen MR) is 113 cm³/mol. The molecule has 2 heterocycles. The lowest BCUT2D eigenvalue weighted by molar-refractivity contribution is 0.146. The second-order valence-electron chi connectivity index (χ2n) is 6.27. The normalized spacial score (nSPS) is 20.0. The van der Waals surface area contributed by atoms with Crippen molar-refractivity contribution in [3.8, 4) is 0 Å². The summed E-state index contributed by atoms with van der Waals surface area (Å²) in [4.78, 5) is 7.04. The summed E-state index contributed by atoms with van der Waals surface area (Å²) in [5.41, 5.74) is 0. The molecule has 0 spiro atoms. The molecule has 1 saturated heterocycles. The van der Waals surface area contributed by atoms with Gasteiger partial charge in [0, 0.05) is 25.7 Å². The topological polar surface area (TPSA) is 73.0 Å². The number of likely N-dealkylation sites (tertiary alicyclic amines) is 1. The summed E-state index contributed by atoms with van der Waals surface area (Å²) in [6, 6.07) is 4.26. The number of aliphatic hydroxyl groups is 1. The van der Waals surface area contributed by atoms with Gasteiger partial charge in [0.25, 0.3) is 0 Å². The Bertz CT molecular complexity index is 481. The molecule has 3 N–H and O–H groups in total. The molecule has 1 fully saturated rings. The Hall–Kier alpha value is -0.800. The van der Waals surface area contributed by atoms with Crippen molar-refractivity contribution in [2.45, 2.75) is 51.7 Å². The molecule has 1 aliphatic heterocycles. The number of furan rings is 1. The highest BCUT2D eigenvalue weighted by molar-refractivity contribution is 14.0. The number of rotatable bonds is 8. The van der Waals surface area contributed by atoms with Crippen molar-refractivity contribution in [2.75, 3.05) is 32.7 Å². The summed E-state index contributed by atoms with van der Waals surface area (Å²) in [6.07, 6.45) is 6.07. The Balaban J connectivity index is 0.00000312. The molecular weight excluding hydrogens is 431 g/mol. The fourth-order valence-electron chi connectivity index (χ4n) is 3.22. The Morgan fingerprint density at radius 1 is 1.40 bits per heavy atom. The van der Waals surface area contributed by atoms with Crippen molar-refractivity contribution in [3.63, 3.8) is 0 Å². The van der Waals surface area contributed by atoms with Crippen LogP contribution in [0.3, 0.4) is 0 Å². The highest BCUT2D eigenvalue weighted by atomic mass is 127. The van der Waals surface area contributed by atoms with Crippen molar-refractivity contribution >= 4 is 29.9 Å². The fourth-order valence-corrected chi connectivity index (χ4v) is 3.22. The molecule has 0 aromatic carbocycles. The van der Waals surface area contributed by atoms with Crippen molar-refractivity contribution in [3.05, 3.63) is 24.2 Å². The predicted octanol–water partition coefficient (Wildman–Crippen LogP) is 2.75. The van der Waals surface area contributed by atoms with Crippen LogP contribution in [0.15, 0.2) is 27.8 Å². The summed E-state index contributed by atoms with van der Waals surface area (Å²) >= 11 is 0. The molecule has 2 unspecified atom stereocenters. The van der Waals surface area contributed by atoms with Crippen LogP contribution in [0.1, 0.15) is 51.4 Å². The van der Waals surface area contributed by atoms with E-state index in [1.165, 1.54) is 32.2 Å². The second kappa shape index (κ2) is 12.5. The van der Waals surface area contributed by atoms with Gasteiger partial charge in [-0.15, -0.1) is 24.0 Å². The minimum Gasteiger partial charge on any atom is -0.467 e. The van der Waals surface area contributed by atoms with Gasteiger partial charge in [0.15, 0.2) is 5.96 Å². The lowest BCUT2D eigenvalue weighted by Crippen LogP contribution is -2.46. The van der Waals surface area contributed by atoms with Crippen LogP contribution in [-0.2, 0) is 0 Å². The van der Waals surface area contributed by atoms with E-state index in [9.17, 15) is 5.11 Å². The SMILES string of the molecule is CCNC(=NCC(O)c1ccco1)NCCN1CCCCC1CC.I. The van der Waals surface area contributed by atoms with Gasteiger partial charge in [-0.25, -0.2) is 0 Å². The molecule has 25 heavy (non-hydrogen) atoms. The Morgan fingerprint density at radius 3 is 2.92 bits per heavy atom. The maximum absolute atomic E-state index is 10.1. The Labute approximate surface area is 168 Å². The first-order valence-electron chi connectivity index (χ1n) is 9.22. The summed E-state index contributed by atoms with van der Waals surface area (Å²) in [5, 5.41) is 16.7. The first-order chi connectivity index (χ1) is 11.7. The molecule has 0 amide bonds. The van der Waals surface area contributed by atoms with Crippen molar-refractivity contribution < 1.29 is 9.52 Å². The number of aliphatic hydroxyl groups excluding tert-OH is 1. The molecule has 0 radical (unpaired) electrons. The van der Waals surface area contributed by atoms with E-state index in [2.05, 4.69) is 27.4 Å². The molecule has 0 saturated carbocycles. The van der Waals surface area contributed by atoms with Crippen LogP contribution in [0.2, 0.25) is 0 Å². The maximum Gasteiger partial charge on any atom is 0.191 e. The molecule has 2 rings (SSSR count). The number of nitrogens with zero attached hydrogens (tertiary/aromatic N) is 2. The number of nitrogens with one attached hydrogen (secondary N) is 2. The molecular formula is C18H33IN4O2. The monoisotopic (exact) mass is 464 g/mol. The molecule has 2 atom stereocenters. The van der Waals surface area contributed by atoms with Gasteiger partial charge in [0.2, 0.25) is 0 Å². The van der Waals surface area contributed by atoms with Gasteiger partial charge in [0.1, 0.15) is 11.9 Å². The van der Waals surface area contributed by atoms with Gasteiger partial charge in [-0.05, 0) is 44.9 Å². The lowest BCUT2D eigenvalue weighted by Gasteiger charge is -2.35. The van der Waals surface area contributed by atoms with Crippen LogP contribution in [0.5, 0.6) is 0 Å². The number of halogens is 1. The number of hydrogen-bond acceptors (Lipinski definition) is 4. The van der Waals surface area contributed by atoms with E-state index >= 15 is 0 Å². The quantitative estimate of drug-likeness (QED) is 0.314. The van der Waals surface area contributed by atoms with Gasteiger partial charge >= 0.3 is 0 Å². The maximum atomic E-state index is 10.1. The van der Waals surface area contributed by atoms with E-state index in [1.54, 1.807) is 18.4 Å². The van der Waals surface area contributed by atoms with Gasteiger partial charge in [-0.2, -0.15) is 0 Å². The first kappa shape index (κ1) is 22.2. The number of piperidine rings is 1. The number of hydrogen-bond donors (Lipinski definition) is 3. The van der Waals surface area contributed by atoms with Crippen LogP contribution in [0.4, 0.5) is 0 Å². The molecule has 7 heteroatoms. The average molecular weight is 464 g/mol. The third kappa shape index (κ3) is 7.53. The number of aliphatic imine (C=N–C) groups is 1. The van der Waals surface area contributed by atoms with Gasteiger partial charge in [-0.1, -0.05) is 13.3 Å². The molecule has 1 aromatic rings. The standard InChI is InChI=1S/C18H32N4O2.HI/c1-3-15-8-5-6-11-22(15)12-10-20-18(19-4-2)21-14-16(23)17-9-7-13-24-17;/h7,9,13,15-16,23H,3-6,8,10-12,14H2,1-2H3,(H2,19,20,21);1H. The van der Waals surface area contributed by atoms with Crippen LogP contribution >= 0.6 is 24.0 Å². The van der Waals surface area contributed by atoms with Crippen LogP contribution in [-0.4, -0.2) is 54.7 Å². The Kier molecular flexibility index (Phi) is 11.2. The van der Waals surface area contributed by atoms with E-state index in [4.69, 9.17) is 4.42 Å². The van der Waals surface area contributed by atoms with Crippen molar-refractivity contribution in [2.24, 2.45) is 4.99 Å². The molecule has 6 nitrogen and oxygen atoms in total. The van der Waals surface area contributed by atoms with Crippen molar-refractivity contribution in [1.29, 1.82) is 0 Å². The lowest BCUT2D eigenvalue weighted by atomic mass is 10.0. The highest BCUT2D eigenvalue weighted by Gasteiger charge is 2.20. The summed E-state index contributed by atoms with van der Waals surface area (Å²) in [6.45, 7) is 8.48. The summed E-state index contributed by atoms with van der Waals surface area (Å²) in [5.74, 6) is 1.29. The van der Waals surface area contributed by atoms with Crippen LogP contribution in [0, 0.1) is 0 Å². The van der Waals surface area contributed by atoms with E-state index in [0.29, 0.717) is 5.76 Å². The molecule has 144 valence electrons. The first-order valence-corrected chi connectivity index (χ1v) is 9.22. The molecule has 0 aliphatic carbocycles. The minimum atomic E-state index is -0.706. The van der Waals surface area contributed by atoms with E-state index in [0.717, 1.165) is 31.6 Å². The summed E-state index contributed by atoms with van der Waals surface area (Å²) < 4.78 is 5.21. The van der Waals surface area contributed by atoms with E-state index in [1.807, 2.05) is 6.92 Å². The third-order valence-corrected chi connectivity index (χ3v) is 4.55. The van der Waals surface area contributed by atoms with E-state index < -0.39 is 6.10 Å². The van der Waals surface area contributed by atoms with Gasteiger partial charge < -0.3 is 20.2 Å².